The molecule has 0 spiro atoms. The topological polar surface area (TPSA) is 20.2 Å². The van der Waals surface area contributed by atoms with Crippen LogP contribution in [0.3, 0.4) is 0 Å². The van der Waals surface area contributed by atoms with Crippen molar-refractivity contribution in [2.75, 3.05) is 0 Å². The molecule has 1 saturated carbocycles. The van der Waals surface area contributed by atoms with Crippen LogP contribution in [0.4, 0.5) is 0 Å². The van der Waals surface area contributed by atoms with Crippen molar-refractivity contribution in [3.63, 3.8) is 0 Å². The van der Waals surface area contributed by atoms with E-state index in [2.05, 4.69) is 33.8 Å². The SMILES string of the molecule is C/C=C(/C)C1(C)CCCC(O)C1CC. The molecule has 1 fully saturated rings. The van der Waals surface area contributed by atoms with Gasteiger partial charge in [0.15, 0.2) is 0 Å². The maximum absolute atomic E-state index is 10.0. The normalized spacial score (nSPS) is 39.9. The van der Waals surface area contributed by atoms with Crippen molar-refractivity contribution in [2.24, 2.45) is 11.3 Å². The molecule has 1 rings (SSSR count). The Morgan fingerprint density at radius 3 is 2.71 bits per heavy atom. The van der Waals surface area contributed by atoms with Gasteiger partial charge in [0.1, 0.15) is 0 Å². The first kappa shape index (κ1) is 11.8. The molecule has 0 aromatic carbocycles. The first-order chi connectivity index (χ1) is 6.56. The highest BCUT2D eigenvalue weighted by Crippen LogP contribution is 2.47. The Labute approximate surface area is 88.2 Å². The molecule has 0 aromatic rings. The third-order valence-corrected chi connectivity index (χ3v) is 4.25. The van der Waals surface area contributed by atoms with Crippen LogP contribution in [0.15, 0.2) is 11.6 Å². The van der Waals surface area contributed by atoms with Gasteiger partial charge in [0.2, 0.25) is 0 Å². The van der Waals surface area contributed by atoms with E-state index in [0.717, 1.165) is 12.8 Å². The van der Waals surface area contributed by atoms with E-state index in [9.17, 15) is 5.11 Å². The first-order valence-corrected chi connectivity index (χ1v) is 5.87. The molecule has 3 unspecified atom stereocenters. The fraction of sp³-hybridized carbons (Fsp3) is 0.846. The lowest BCUT2D eigenvalue weighted by Gasteiger charge is -2.45. The maximum Gasteiger partial charge on any atom is 0.0576 e. The first-order valence-electron chi connectivity index (χ1n) is 5.87. The average Bonchev–Trinajstić information content (AvgIpc) is 2.17. The lowest BCUT2D eigenvalue weighted by Crippen LogP contribution is -2.40. The second kappa shape index (κ2) is 4.48. The zero-order chi connectivity index (χ0) is 10.8. The summed E-state index contributed by atoms with van der Waals surface area (Å²) in [5.74, 6) is 0.451. The average molecular weight is 196 g/mol. The Morgan fingerprint density at radius 1 is 1.57 bits per heavy atom. The van der Waals surface area contributed by atoms with E-state index >= 15 is 0 Å². The minimum atomic E-state index is -0.0892. The number of aliphatic hydroxyl groups is 1. The highest BCUT2D eigenvalue weighted by atomic mass is 16.3. The summed E-state index contributed by atoms with van der Waals surface area (Å²) in [7, 11) is 0. The lowest BCUT2D eigenvalue weighted by molar-refractivity contribution is -0.00161. The molecule has 14 heavy (non-hydrogen) atoms. The molecule has 0 aromatic heterocycles. The Bertz CT molecular complexity index is 219. The van der Waals surface area contributed by atoms with Crippen molar-refractivity contribution >= 4 is 0 Å². The van der Waals surface area contributed by atoms with Crippen LogP contribution in [0.25, 0.3) is 0 Å². The summed E-state index contributed by atoms with van der Waals surface area (Å²) in [4.78, 5) is 0. The number of hydrogen-bond donors (Lipinski definition) is 1. The van der Waals surface area contributed by atoms with Gasteiger partial charge in [-0.15, -0.1) is 0 Å². The second-order valence-corrected chi connectivity index (χ2v) is 4.86. The molecule has 0 amide bonds. The quantitative estimate of drug-likeness (QED) is 0.670. The summed E-state index contributed by atoms with van der Waals surface area (Å²) in [5.41, 5.74) is 1.68. The molecule has 1 N–H and O–H groups in total. The van der Waals surface area contributed by atoms with Crippen LogP contribution < -0.4 is 0 Å². The molecule has 1 heteroatoms. The van der Waals surface area contributed by atoms with Gasteiger partial charge in [-0.3, -0.25) is 0 Å². The van der Waals surface area contributed by atoms with Crippen LogP contribution in [0.1, 0.15) is 53.4 Å². The van der Waals surface area contributed by atoms with Gasteiger partial charge in [-0.25, -0.2) is 0 Å². The number of hydrogen-bond acceptors (Lipinski definition) is 1. The molecule has 1 aliphatic rings. The smallest absolute Gasteiger partial charge is 0.0576 e. The predicted octanol–water partition coefficient (Wildman–Crippen LogP) is 3.53. The van der Waals surface area contributed by atoms with Crippen LogP contribution in [0.2, 0.25) is 0 Å². The van der Waals surface area contributed by atoms with E-state index in [1.807, 2.05) is 0 Å². The lowest BCUT2D eigenvalue weighted by atomic mass is 9.61. The molecule has 0 saturated heterocycles. The summed E-state index contributed by atoms with van der Waals surface area (Å²) in [5, 5.41) is 10.0. The second-order valence-electron chi connectivity index (χ2n) is 4.86. The Morgan fingerprint density at radius 2 is 2.21 bits per heavy atom. The molecule has 1 aliphatic carbocycles. The van der Waals surface area contributed by atoms with E-state index in [-0.39, 0.29) is 11.5 Å². The number of aliphatic hydroxyl groups excluding tert-OH is 1. The Hall–Kier alpha value is -0.300. The summed E-state index contributed by atoms with van der Waals surface area (Å²) in [6, 6.07) is 0. The highest BCUT2D eigenvalue weighted by Gasteiger charge is 2.41. The summed E-state index contributed by atoms with van der Waals surface area (Å²) in [6.07, 6.45) is 6.60. The van der Waals surface area contributed by atoms with Crippen LogP contribution >= 0.6 is 0 Å². The van der Waals surface area contributed by atoms with Crippen molar-refractivity contribution in [1.82, 2.24) is 0 Å². The van der Waals surface area contributed by atoms with Gasteiger partial charge in [-0.05, 0) is 44.4 Å². The molecule has 0 radical (unpaired) electrons. The Balaban J connectivity index is 2.93. The van der Waals surface area contributed by atoms with Crippen LogP contribution in [0.5, 0.6) is 0 Å². The van der Waals surface area contributed by atoms with E-state index < -0.39 is 0 Å². The molecule has 0 bridgehead atoms. The third kappa shape index (κ3) is 1.88. The molecule has 0 aliphatic heterocycles. The van der Waals surface area contributed by atoms with Crippen LogP contribution in [0, 0.1) is 11.3 Å². The molecule has 3 atom stereocenters. The summed E-state index contributed by atoms with van der Waals surface area (Å²) < 4.78 is 0. The van der Waals surface area contributed by atoms with E-state index in [4.69, 9.17) is 0 Å². The fourth-order valence-electron chi connectivity index (χ4n) is 3.03. The van der Waals surface area contributed by atoms with Crippen LogP contribution in [-0.2, 0) is 0 Å². The minimum absolute atomic E-state index is 0.0892. The molecule has 82 valence electrons. The molecular weight excluding hydrogens is 172 g/mol. The standard InChI is InChI=1S/C13H24O/c1-5-10(3)13(4)9-7-8-12(14)11(13)6-2/h5,11-12,14H,6-9H2,1-4H3/b10-5-. The zero-order valence-electron chi connectivity index (χ0n) is 10.0. The monoisotopic (exact) mass is 196 g/mol. The molecule has 1 nitrogen and oxygen atoms in total. The van der Waals surface area contributed by atoms with Gasteiger partial charge >= 0.3 is 0 Å². The van der Waals surface area contributed by atoms with Gasteiger partial charge in [0.25, 0.3) is 0 Å². The van der Waals surface area contributed by atoms with Gasteiger partial charge in [-0.2, -0.15) is 0 Å². The van der Waals surface area contributed by atoms with Gasteiger partial charge in [0.05, 0.1) is 6.10 Å². The predicted molar refractivity (Wildman–Crippen MR) is 61.2 cm³/mol. The summed E-state index contributed by atoms with van der Waals surface area (Å²) in [6.45, 7) is 8.83. The van der Waals surface area contributed by atoms with Crippen molar-refractivity contribution in [3.05, 3.63) is 11.6 Å². The largest absolute Gasteiger partial charge is 0.393 e. The highest BCUT2D eigenvalue weighted by molar-refractivity contribution is 5.14. The van der Waals surface area contributed by atoms with Crippen molar-refractivity contribution in [3.8, 4) is 0 Å². The molecule has 0 heterocycles. The van der Waals surface area contributed by atoms with Crippen molar-refractivity contribution < 1.29 is 5.11 Å². The van der Waals surface area contributed by atoms with E-state index in [0.29, 0.717) is 5.92 Å². The molecular formula is C13H24O. The summed E-state index contributed by atoms with van der Waals surface area (Å²) >= 11 is 0. The van der Waals surface area contributed by atoms with Gasteiger partial charge in [-0.1, -0.05) is 31.9 Å². The minimum Gasteiger partial charge on any atom is -0.393 e. The third-order valence-electron chi connectivity index (χ3n) is 4.25. The van der Waals surface area contributed by atoms with Crippen molar-refractivity contribution in [1.29, 1.82) is 0 Å². The van der Waals surface area contributed by atoms with E-state index in [1.54, 1.807) is 0 Å². The Kier molecular flexibility index (Phi) is 3.77. The fourth-order valence-corrected chi connectivity index (χ4v) is 3.03. The van der Waals surface area contributed by atoms with Crippen molar-refractivity contribution in [2.45, 2.75) is 59.5 Å². The number of allylic oxidation sites excluding steroid dienone is 2. The number of rotatable bonds is 2. The van der Waals surface area contributed by atoms with Gasteiger partial charge < -0.3 is 5.11 Å². The maximum atomic E-state index is 10.0. The zero-order valence-corrected chi connectivity index (χ0v) is 10.0. The van der Waals surface area contributed by atoms with Crippen LogP contribution in [-0.4, -0.2) is 11.2 Å². The van der Waals surface area contributed by atoms with E-state index in [1.165, 1.54) is 18.4 Å². The van der Waals surface area contributed by atoms with Gasteiger partial charge in [0, 0.05) is 0 Å².